The van der Waals surface area contributed by atoms with Crippen LogP contribution in [0, 0.1) is 5.82 Å². The molecule has 1 rings (SSSR count). The van der Waals surface area contributed by atoms with Crippen molar-refractivity contribution in [3.63, 3.8) is 0 Å². The van der Waals surface area contributed by atoms with Crippen LogP contribution in [0.2, 0.25) is 0 Å². The molecule has 0 aromatic heterocycles. The van der Waals surface area contributed by atoms with Crippen LogP contribution in [0.3, 0.4) is 0 Å². The first-order chi connectivity index (χ1) is 5.25. The highest BCUT2D eigenvalue weighted by Gasteiger charge is 2.02. The van der Waals surface area contributed by atoms with Crippen molar-refractivity contribution in [1.82, 2.24) is 0 Å². The molecule has 0 heterocycles. The van der Waals surface area contributed by atoms with Gasteiger partial charge in [0.05, 0.1) is 11.4 Å². The summed E-state index contributed by atoms with van der Waals surface area (Å²) in [7, 11) is 0. The average Bonchev–Trinajstić information content (AvgIpc) is 1.99. The largest absolute Gasteiger partial charge is 0.396 e. The first-order valence-electron chi connectivity index (χ1n) is 3.53. The fourth-order valence-electron chi connectivity index (χ4n) is 0.877. The molecule has 0 aliphatic heterocycles. The molecule has 0 saturated heterocycles. The molecule has 0 bridgehead atoms. The molecule has 0 aliphatic rings. The van der Waals surface area contributed by atoms with Gasteiger partial charge in [-0.2, -0.15) is 0 Å². The molecule has 0 spiro atoms. The van der Waals surface area contributed by atoms with E-state index >= 15 is 0 Å². The van der Waals surface area contributed by atoms with Gasteiger partial charge in [-0.05, 0) is 19.1 Å². The maximum Gasteiger partial charge on any atom is 0.169 e. The van der Waals surface area contributed by atoms with Crippen molar-refractivity contribution in [2.75, 3.05) is 17.6 Å². The Bertz CT molecular complexity index is 248. The Kier molecular flexibility index (Phi) is 2.31. The van der Waals surface area contributed by atoms with E-state index in [9.17, 15) is 4.39 Å². The van der Waals surface area contributed by atoms with E-state index in [1.165, 1.54) is 6.07 Å². The SMILES string of the molecule is CCNc1cccc(N)c1F. The van der Waals surface area contributed by atoms with Crippen LogP contribution in [0.15, 0.2) is 18.2 Å². The Hall–Kier alpha value is -1.25. The summed E-state index contributed by atoms with van der Waals surface area (Å²) >= 11 is 0. The van der Waals surface area contributed by atoms with Gasteiger partial charge in [0.25, 0.3) is 0 Å². The Morgan fingerprint density at radius 2 is 2.27 bits per heavy atom. The van der Waals surface area contributed by atoms with Gasteiger partial charge in [-0.1, -0.05) is 6.07 Å². The van der Waals surface area contributed by atoms with Crippen LogP contribution >= 0.6 is 0 Å². The summed E-state index contributed by atoms with van der Waals surface area (Å²) in [5.74, 6) is -0.366. The number of nitrogens with two attached hydrogens (primary N) is 1. The lowest BCUT2D eigenvalue weighted by Gasteiger charge is -2.05. The summed E-state index contributed by atoms with van der Waals surface area (Å²) in [5, 5.41) is 2.86. The lowest BCUT2D eigenvalue weighted by atomic mass is 10.2. The second kappa shape index (κ2) is 3.23. The van der Waals surface area contributed by atoms with Crippen molar-refractivity contribution in [2.45, 2.75) is 6.92 Å². The molecule has 60 valence electrons. The molecule has 0 atom stereocenters. The second-order valence-electron chi connectivity index (χ2n) is 2.24. The van der Waals surface area contributed by atoms with E-state index in [1.807, 2.05) is 6.92 Å². The molecule has 0 fully saturated rings. The van der Waals surface area contributed by atoms with Gasteiger partial charge in [-0.25, -0.2) is 4.39 Å². The van der Waals surface area contributed by atoms with E-state index in [2.05, 4.69) is 5.32 Å². The number of hydrogen-bond donors (Lipinski definition) is 2. The summed E-state index contributed by atoms with van der Waals surface area (Å²) in [5.41, 5.74) is 5.98. The molecule has 0 saturated carbocycles. The average molecular weight is 154 g/mol. The number of nitrogen functional groups attached to an aromatic ring is 1. The number of nitrogens with one attached hydrogen (secondary N) is 1. The third-order valence-corrected chi connectivity index (χ3v) is 1.40. The monoisotopic (exact) mass is 154 g/mol. The van der Waals surface area contributed by atoms with Crippen LogP contribution in [-0.4, -0.2) is 6.54 Å². The highest BCUT2D eigenvalue weighted by molar-refractivity contribution is 5.55. The van der Waals surface area contributed by atoms with Crippen molar-refractivity contribution in [1.29, 1.82) is 0 Å². The van der Waals surface area contributed by atoms with Crippen LogP contribution < -0.4 is 11.1 Å². The smallest absolute Gasteiger partial charge is 0.169 e. The molecule has 1 aromatic carbocycles. The van der Waals surface area contributed by atoms with Crippen molar-refractivity contribution in [3.05, 3.63) is 24.0 Å². The number of halogens is 1. The first-order valence-corrected chi connectivity index (χ1v) is 3.53. The zero-order valence-electron chi connectivity index (χ0n) is 6.39. The standard InChI is InChI=1S/C8H11FN2/c1-2-11-7-5-3-4-6(10)8(7)9/h3-5,11H,2,10H2,1H3. The van der Waals surface area contributed by atoms with Gasteiger partial charge in [0, 0.05) is 6.54 Å². The fourth-order valence-corrected chi connectivity index (χ4v) is 0.877. The molecule has 0 radical (unpaired) electrons. The van der Waals surface area contributed by atoms with Crippen LogP contribution in [0.5, 0.6) is 0 Å². The maximum absolute atomic E-state index is 13.0. The van der Waals surface area contributed by atoms with Crippen molar-refractivity contribution < 1.29 is 4.39 Å². The van der Waals surface area contributed by atoms with Gasteiger partial charge < -0.3 is 11.1 Å². The predicted octanol–water partition coefficient (Wildman–Crippen LogP) is 1.84. The van der Waals surface area contributed by atoms with E-state index in [0.717, 1.165) is 0 Å². The van der Waals surface area contributed by atoms with Gasteiger partial charge in [0.15, 0.2) is 5.82 Å². The third-order valence-electron chi connectivity index (χ3n) is 1.40. The molecule has 0 amide bonds. The Morgan fingerprint density at radius 3 is 2.91 bits per heavy atom. The minimum absolute atomic E-state index is 0.184. The second-order valence-corrected chi connectivity index (χ2v) is 2.24. The number of hydrogen-bond acceptors (Lipinski definition) is 2. The topological polar surface area (TPSA) is 38.0 Å². The lowest BCUT2D eigenvalue weighted by molar-refractivity contribution is 0.635. The zero-order valence-corrected chi connectivity index (χ0v) is 6.39. The van der Waals surface area contributed by atoms with Crippen molar-refractivity contribution in [2.24, 2.45) is 0 Å². The molecule has 2 nitrogen and oxygen atoms in total. The summed E-state index contributed by atoms with van der Waals surface area (Å²) in [4.78, 5) is 0. The van der Waals surface area contributed by atoms with Crippen LogP contribution in [0.1, 0.15) is 6.92 Å². The van der Waals surface area contributed by atoms with E-state index in [4.69, 9.17) is 5.73 Å². The van der Waals surface area contributed by atoms with Crippen molar-refractivity contribution in [3.8, 4) is 0 Å². The lowest BCUT2D eigenvalue weighted by Crippen LogP contribution is -2.01. The molecular weight excluding hydrogens is 143 g/mol. The third kappa shape index (κ3) is 1.61. The highest BCUT2D eigenvalue weighted by atomic mass is 19.1. The van der Waals surface area contributed by atoms with Gasteiger partial charge >= 0.3 is 0 Å². The summed E-state index contributed by atoms with van der Waals surface area (Å²) in [6.45, 7) is 2.60. The Labute approximate surface area is 65.2 Å². The fraction of sp³-hybridized carbons (Fsp3) is 0.250. The number of benzene rings is 1. The molecule has 1 aromatic rings. The van der Waals surface area contributed by atoms with Crippen molar-refractivity contribution >= 4 is 11.4 Å². The summed E-state index contributed by atoms with van der Waals surface area (Å²) < 4.78 is 13.0. The molecule has 11 heavy (non-hydrogen) atoms. The molecule has 3 heteroatoms. The maximum atomic E-state index is 13.0. The van der Waals surface area contributed by atoms with Crippen LogP contribution in [0.25, 0.3) is 0 Å². The van der Waals surface area contributed by atoms with Gasteiger partial charge in [-0.3, -0.25) is 0 Å². The molecular formula is C8H11FN2. The van der Waals surface area contributed by atoms with E-state index in [0.29, 0.717) is 12.2 Å². The van der Waals surface area contributed by atoms with E-state index < -0.39 is 0 Å². The predicted molar refractivity (Wildman–Crippen MR) is 45.0 cm³/mol. The quantitative estimate of drug-likeness (QED) is 0.638. The van der Waals surface area contributed by atoms with Gasteiger partial charge in [0.1, 0.15) is 0 Å². The molecule has 3 N–H and O–H groups in total. The van der Waals surface area contributed by atoms with Gasteiger partial charge in [-0.15, -0.1) is 0 Å². The van der Waals surface area contributed by atoms with Crippen LogP contribution in [-0.2, 0) is 0 Å². The number of rotatable bonds is 2. The van der Waals surface area contributed by atoms with E-state index in [1.54, 1.807) is 12.1 Å². The zero-order chi connectivity index (χ0) is 8.27. The molecule has 0 unspecified atom stereocenters. The summed E-state index contributed by atoms with van der Waals surface area (Å²) in [6.07, 6.45) is 0. The van der Waals surface area contributed by atoms with E-state index in [-0.39, 0.29) is 11.5 Å². The van der Waals surface area contributed by atoms with Crippen LogP contribution in [0.4, 0.5) is 15.8 Å². The minimum Gasteiger partial charge on any atom is -0.396 e. The minimum atomic E-state index is -0.366. The normalized spacial score (nSPS) is 9.64. The highest BCUT2D eigenvalue weighted by Crippen LogP contribution is 2.18. The Balaban J connectivity index is 2.96. The summed E-state index contributed by atoms with van der Waals surface area (Å²) in [6, 6.07) is 4.92. The van der Waals surface area contributed by atoms with Gasteiger partial charge in [0.2, 0.25) is 0 Å². The molecule has 0 aliphatic carbocycles. The Morgan fingerprint density at radius 1 is 1.55 bits per heavy atom. The number of anilines is 2. The first kappa shape index (κ1) is 7.85.